The minimum absolute atomic E-state index is 0.0532. The Labute approximate surface area is 128 Å². The maximum absolute atomic E-state index is 12.0. The van der Waals surface area contributed by atoms with E-state index in [0.717, 1.165) is 16.5 Å². The molecule has 0 aliphatic rings. The van der Waals surface area contributed by atoms with Crippen LogP contribution < -0.4 is 11.1 Å². The zero-order valence-corrected chi connectivity index (χ0v) is 12.7. The Morgan fingerprint density at radius 2 is 2.00 bits per heavy atom. The van der Waals surface area contributed by atoms with Gasteiger partial charge in [0.05, 0.1) is 6.04 Å². The minimum Gasteiger partial charge on any atom is -0.480 e. The summed E-state index contributed by atoms with van der Waals surface area (Å²) in [6, 6.07) is 5.91. The van der Waals surface area contributed by atoms with Crippen molar-refractivity contribution in [2.45, 2.75) is 32.4 Å². The largest absolute Gasteiger partial charge is 0.480 e. The predicted octanol–water partition coefficient (Wildman–Crippen LogP) is 1.26. The highest BCUT2D eigenvalue weighted by molar-refractivity contribution is 5.88. The summed E-state index contributed by atoms with van der Waals surface area (Å²) in [4.78, 5) is 26.5. The predicted molar refractivity (Wildman–Crippen MR) is 84.4 cm³/mol. The van der Waals surface area contributed by atoms with Crippen molar-refractivity contribution >= 4 is 22.8 Å². The van der Waals surface area contributed by atoms with Crippen LogP contribution in [0.1, 0.15) is 19.4 Å². The van der Waals surface area contributed by atoms with Gasteiger partial charge in [0.1, 0.15) is 6.04 Å². The van der Waals surface area contributed by atoms with Gasteiger partial charge >= 0.3 is 5.97 Å². The Kier molecular flexibility index (Phi) is 4.82. The van der Waals surface area contributed by atoms with Gasteiger partial charge in [-0.15, -0.1) is 0 Å². The van der Waals surface area contributed by atoms with E-state index < -0.39 is 24.0 Å². The van der Waals surface area contributed by atoms with Gasteiger partial charge in [0.2, 0.25) is 5.91 Å². The molecule has 2 atom stereocenters. The fourth-order valence-corrected chi connectivity index (χ4v) is 2.29. The second kappa shape index (κ2) is 6.62. The van der Waals surface area contributed by atoms with Gasteiger partial charge in [-0.05, 0) is 17.5 Å². The second-order valence-electron chi connectivity index (χ2n) is 5.73. The van der Waals surface area contributed by atoms with Crippen molar-refractivity contribution in [1.29, 1.82) is 0 Å². The van der Waals surface area contributed by atoms with Crippen LogP contribution >= 0.6 is 0 Å². The lowest BCUT2D eigenvalue weighted by Gasteiger charge is -2.19. The van der Waals surface area contributed by atoms with Crippen LogP contribution in [0.2, 0.25) is 0 Å². The Morgan fingerprint density at radius 1 is 1.32 bits per heavy atom. The third-order valence-corrected chi connectivity index (χ3v) is 3.73. The molecular weight excluding hydrogens is 282 g/mol. The van der Waals surface area contributed by atoms with Crippen molar-refractivity contribution in [1.82, 2.24) is 10.3 Å². The molecule has 0 radical (unpaired) electrons. The lowest BCUT2D eigenvalue weighted by molar-refractivity contribution is -0.142. The van der Waals surface area contributed by atoms with Crippen LogP contribution in [0.15, 0.2) is 30.5 Å². The zero-order valence-electron chi connectivity index (χ0n) is 12.7. The zero-order chi connectivity index (χ0) is 16.3. The number of aromatic amines is 1. The number of rotatable bonds is 6. The van der Waals surface area contributed by atoms with Crippen molar-refractivity contribution in [2.75, 3.05) is 0 Å². The highest BCUT2D eigenvalue weighted by Gasteiger charge is 2.25. The van der Waals surface area contributed by atoms with Crippen LogP contribution in [0.5, 0.6) is 0 Å². The molecular formula is C16H21N3O3. The van der Waals surface area contributed by atoms with Crippen molar-refractivity contribution < 1.29 is 14.7 Å². The number of hydrogen-bond donors (Lipinski definition) is 4. The van der Waals surface area contributed by atoms with E-state index in [2.05, 4.69) is 10.3 Å². The van der Waals surface area contributed by atoms with E-state index in [1.54, 1.807) is 6.20 Å². The smallest absolute Gasteiger partial charge is 0.326 e. The van der Waals surface area contributed by atoms with Crippen molar-refractivity contribution in [3.8, 4) is 0 Å². The molecule has 22 heavy (non-hydrogen) atoms. The first-order valence-electron chi connectivity index (χ1n) is 7.24. The molecule has 1 aromatic carbocycles. The van der Waals surface area contributed by atoms with E-state index in [1.807, 2.05) is 38.1 Å². The third-order valence-electron chi connectivity index (χ3n) is 3.73. The van der Waals surface area contributed by atoms with Crippen molar-refractivity contribution in [3.63, 3.8) is 0 Å². The molecule has 6 heteroatoms. The van der Waals surface area contributed by atoms with E-state index in [4.69, 9.17) is 5.73 Å². The molecule has 0 unspecified atom stereocenters. The lowest BCUT2D eigenvalue weighted by Crippen LogP contribution is -2.51. The number of carbonyl (C=O) groups is 2. The van der Waals surface area contributed by atoms with Gasteiger partial charge in [0.15, 0.2) is 0 Å². The molecule has 5 N–H and O–H groups in total. The summed E-state index contributed by atoms with van der Waals surface area (Å²) >= 11 is 0. The quantitative estimate of drug-likeness (QED) is 0.644. The van der Waals surface area contributed by atoms with E-state index in [1.165, 1.54) is 0 Å². The Morgan fingerprint density at radius 3 is 2.64 bits per heavy atom. The molecule has 118 valence electrons. The molecule has 2 aromatic rings. The number of aromatic nitrogens is 1. The number of benzene rings is 1. The average Bonchev–Trinajstić information content (AvgIpc) is 2.88. The summed E-state index contributed by atoms with van der Waals surface area (Å²) in [5, 5.41) is 12.8. The highest BCUT2D eigenvalue weighted by atomic mass is 16.4. The SMILES string of the molecule is CC(C)[C@@H](N)C(=O)N[C@H](Cc1c[nH]c2ccccc12)C(=O)O. The maximum atomic E-state index is 12.0. The monoisotopic (exact) mass is 303 g/mol. The maximum Gasteiger partial charge on any atom is 0.326 e. The molecule has 0 saturated carbocycles. The first-order valence-corrected chi connectivity index (χ1v) is 7.24. The second-order valence-corrected chi connectivity index (χ2v) is 5.73. The normalized spacial score (nSPS) is 14.0. The summed E-state index contributed by atoms with van der Waals surface area (Å²) in [6.07, 6.45) is 1.98. The molecule has 0 spiro atoms. The number of nitrogens with two attached hydrogens (primary N) is 1. The van der Waals surface area contributed by atoms with Crippen molar-refractivity contribution in [2.24, 2.45) is 11.7 Å². The Balaban J connectivity index is 2.16. The van der Waals surface area contributed by atoms with Gasteiger partial charge in [0, 0.05) is 23.5 Å². The van der Waals surface area contributed by atoms with Crippen molar-refractivity contribution in [3.05, 3.63) is 36.0 Å². The minimum atomic E-state index is -1.07. The van der Waals surface area contributed by atoms with Crippen LogP contribution in [0.3, 0.4) is 0 Å². The summed E-state index contributed by atoms with van der Waals surface area (Å²) in [6.45, 7) is 3.64. The number of carboxylic acids is 1. The van der Waals surface area contributed by atoms with E-state index in [0.29, 0.717) is 0 Å². The first kappa shape index (κ1) is 16.0. The van der Waals surface area contributed by atoms with E-state index in [9.17, 15) is 14.7 Å². The number of fused-ring (bicyclic) bond motifs is 1. The summed E-state index contributed by atoms with van der Waals surface area (Å²) < 4.78 is 0. The molecule has 2 rings (SSSR count). The van der Waals surface area contributed by atoms with Crippen LogP contribution in [-0.2, 0) is 16.0 Å². The summed E-state index contributed by atoms with van der Waals surface area (Å²) in [5.74, 6) is -1.57. The molecule has 1 aromatic heterocycles. The van der Waals surface area contributed by atoms with Crippen LogP contribution in [0.4, 0.5) is 0 Å². The van der Waals surface area contributed by atoms with Gasteiger partial charge in [-0.2, -0.15) is 0 Å². The number of H-pyrrole nitrogens is 1. The van der Waals surface area contributed by atoms with E-state index >= 15 is 0 Å². The summed E-state index contributed by atoms with van der Waals surface area (Å²) in [5.41, 5.74) is 7.55. The number of carboxylic acid groups (broad SMARTS) is 1. The van der Waals surface area contributed by atoms with Gasteiger partial charge in [-0.3, -0.25) is 4.79 Å². The number of carbonyl (C=O) groups excluding carboxylic acids is 1. The van der Waals surface area contributed by atoms with Gasteiger partial charge in [-0.25, -0.2) is 4.79 Å². The van der Waals surface area contributed by atoms with Crippen LogP contribution in [-0.4, -0.2) is 34.1 Å². The lowest BCUT2D eigenvalue weighted by atomic mass is 10.0. The number of amides is 1. The number of nitrogens with one attached hydrogen (secondary N) is 2. The molecule has 0 aliphatic carbocycles. The Bertz CT molecular complexity index is 678. The van der Waals surface area contributed by atoms with E-state index in [-0.39, 0.29) is 12.3 Å². The Hall–Kier alpha value is -2.34. The highest BCUT2D eigenvalue weighted by Crippen LogP contribution is 2.19. The molecule has 0 saturated heterocycles. The third kappa shape index (κ3) is 3.46. The summed E-state index contributed by atoms with van der Waals surface area (Å²) in [7, 11) is 0. The van der Waals surface area contributed by atoms with Crippen LogP contribution in [0.25, 0.3) is 10.9 Å². The van der Waals surface area contributed by atoms with Gasteiger partial charge < -0.3 is 21.1 Å². The molecule has 0 aliphatic heterocycles. The first-order chi connectivity index (χ1) is 10.4. The van der Waals surface area contributed by atoms with Gasteiger partial charge in [0.25, 0.3) is 0 Å². The molecule has 0 bridgehead atoms. The standard InChI is InChI=1S/C16H21N3O3/c1-9(2)14(17)15(20)19-13(16(21)22)7-10-8-18-12-6-4-3-5-11(10)12/h3-6,8-9,13-14,18H,7,17H2,1-2H3,(H,19,20)(H,21,22)/t13-,14-/m1/s1. The van der Waals surface area contributed by atoms with Gasteiger partial charge in [-0.1, -0.05) is 32.0 Å². The number of aliphatic carboxylic acids is 1. The molecule has 6 nitrogen and oxygen atoms in total. The average molecular weight is 303 g/mol. The molecule has 0 fully saturated rings. The fraction of sp³-hybridized carbons (Fsp3) is 0.375. The molecule has 1 amide bonds. The number of hydrogen-bond acceptors (Lipinski definition) is 3. The van der Waals surface area contributed by atoms with Crippen LogP contribution in [0, 0.1) is 5.92 Å². The number of para-hydroxylation sites is 1. The topological polar surface area (TPSA) is 108 Å². The molecule has 1 heterocycles. The fourth-order valence-electron chi connectivity index (χ4n) is 2.29.